The van der Waals surface area contributed by atoms with Crippen molar-refractivity contribution in [3.8, 4) is 22.0 Å². The Labute approximate surface area is 181 Å². The number of thiazole rings is 1. The van der Waals surface area contributed by atoms with Gasteiger partial charge in [-0.25, -0.2) is 9.67 Å². The van der Waals surface area contributed by atoms with Gasteiger partial charge in [-0.3, -0.25) is 4.79 Å². The first kappa shape index (κ1) is 18.9. The van der Waals surface area contributed by atoms with E-state index in [0.29, 0.717) is 22.4 Å². The standard InChI is InChI=1S/C21H17ClN6OS/c22-18-7-2-1-6-17(18)21-24-15(12-30-21)11-19(29)23-14-5-3-4-13(10-14)20-25-26-27-28(20)16-8-9-16/h1-7,10,12,16H,8-9,11H2,(H,23,29). The second-order valence-corrected chi connectivity index (χ2v) is 8.37. The van der Waals surface area contributed by atoms with E-state index in [1.807, 2.05) is 58.6 Å². The number of hydrogen-bond acceptors (Lipinski definition) is 6. The molecule has 4 aromatic rings. The Morgan fingerprint density at radius 3 is 2.90 bits per heavy atom. The summed E-state index contributed by atoms with van der Waals surface area (Å²) in [6.07, 6.45) is 2.38. The Bertz CT molecular complexity index is 1220. The third-order valence-electron chi connectivity index (χ3n) is 4.79. The molecule has 1 N–H and O–H groups in total. The minimum absolute atomic E-state index is 0.134. The second-order valence-electron chi connectivity index (χ2n) is 7.11. The topological polar surface area (TPSA) is 85.6 Å². The molecule has 0 radical (unpaired) electrons. The Morgan fingerprint density at radius 2 is 2.07 bits per heavy atom. The van der Waals surface area contributed by atoms with Gasteiger partial charge in [0.2, 0.25) is 5.91 Å². The molecular formula is C21H17ClN6OS. The highest BCUT2D eigenvalue weighted by molar-refractivity contribution is 7.13. The lowest BCUT2D eigenvalue weighted by atomic mass is 10.2. The van der Waals surface area contributed by atoms with Crippen LogP contribution in [0.3, 0.4) is 0 Å². The average Bonchev–Trinajstić information content (AvgIpc) is 3.28. The van der Waals surface area contributed by atoms with E-state index in [4.69, 9.17) is 11.6 Å². The van der Waals surface area contributed by atoms with Crippen LogP contribution in [-0.4, -0.2) is 31.1 Å². The summed E-state index contributed by atoms with van der Waals surface area (Å²) in [6.45, 7) is 0. The third-order valence-corrected chi connectivity index (χ3v) is 6.04. The molecule has 0 unspecified atom stereocenters. The maximum Gasteiger partial charge on any atom is 0.230 e. The highest BCUT2D eigenvalue weighted by Crippen LogP contribution is 2.37. The lowest BCUT2D eigenvalue weighted by Gasteiger charge is -2.07. The maximum absolute atomic E-state index is 12.6. The monoisotopic (exact) mass is 436 g/mol. The van der Waals surface area contributed by atoms with Crippen LogP contribution in [0.2, 0.25) is 5.02 Å². The van der Waals surface area contributed by atoms with E-state index in [1.54, 1.807) is 0 Å². The number of amides is 1. The molecule has 0 atom stereocenters. The average molecular weight is 437 g/mol. The van der Waals surface area contributed by atoms with E-state index in [0.717, 1.165) is 34.8 Å². The summed E-state index contributed by atoms with van der Waals surface area (Å²) in [4.78, 5) is 17.1. The summed E-state index contributed by atoms with van der Waals surface area (Å²) in [5.74, 6) is 0.586. The number of hydrogen-bond donors (Lipinski definition) is 1. The van der Waals surface area contributed by atoms with E-state index in [1.165, 1.54) is 11.3 Å². The molecule has 0 spiro atoms. The minimum atomic E-state index is -0.134. The van der Waals surface area contributed by atoms with Gasteiger partial charge in [-0.15, -0.1) is 16.4 Å². The molecular weight excluding hydrogens is 420 g/mol. The first-order valence-electron chi connectivity index (χ1n) is 9.55. The van der Waals surface area contributed by atoms with E-state index in [-0.39, 0.29) is 12.3 Å². The fourth-order valence-corrected chi connectivity index (χ4v) is 4.34. The number of carbonyl (C=O) groups is 1. The molecule has 1 amide bonds. The molecule has 2 heterocycles. The van der Waals surface area contributed by atoms with Gasteiger partial charge in [0, 0.05) is 22.2 Å². The lowest BCUT2D eigenvalue weighted by Crippen LogP contribution is -2.14. The van der Waals surface area contributed by atoms with E-state index < -0.39 is 0 Å². The van der Waals surface area contributed by atoms with Crippen molar-refractivity contribution in [1.82, 2.24) is 25.2 Å². The van der Waals surface area contributed by atoms with Crippen LogP contribution < -0.4 is 5.32 Å². The highest BCUT2D eigenvalue weighted by Gasteiger charge is 2.28. The Hall–Kier alpha value is -3.10. The van der Waals surface area contributed by atoms with Crippen molar-refractivity contribution < 1.29 is 4.79 Å². The number of carbonyl (C=O) groups excluding carboxylic acids is 1. The molecule has 0 bridgehead atoms. The third kappa shape index (κ3) is 3.96. The molecule has 1 saturated carbocycles. The summed E-state index contributed by atoms with van der Waals surface area (Å²) < 4.78 is 1.85. The van der Waals surface area contributed by atoms with Crippen molar-refractivity contribution in [1.29, 1.82) is 0 Å². The Morgan fingerprint density at radius 1 is 1.20 bits per heavy atom. The molecule has 9 heteroatoms. The molecule has 2 aromatic heterocycles. The molecule has 7 nitrogen and oxygen atoms in total. The SMILES string of the molecule is O=C(Cc1csc(-c2ccccc2Cl)n1)Nc1cccc(-c2nnnn2C2CC2)c1. The summed E-state index contributed by atoms with van der Waals surface area (Å²) in [5.41, 5.74) is 3.15. The number of tetrazole rings is 1. The van der Waals surface area contributed by atoms with Crippen LogP contribution >= 0.6 is 22.9 Å². The predicted molar refractivity (Wildman–Crippen MR) is 116 cm³/mol. The molecule has 30 heavy (non-hydrogen) atoms. The number of nitrogens with zero attached hydrogens (tertiary/aromatic N) is 5. The van der Waals surface area contributed by atoms with Crippen molar-refractivity contribution in [2.45, 2.75) is 25.3 Å². The Balaban J connectivity index is 1.28. The number of benzene rings is 2. The summed E-state index contributed by atoms with van der Waals surface area (Å²) in [6, 6.07) is 15.5. The fourth-order valence-electron chi connectivity index (χ4n) is 3.20. The lowest BCUT2D eigenvalue weighted by molar-refractivity contribution is -0.115. The largest absolute Gasteiger partial charge is 0.326 e. The highest BCUT2D eigenvalue weighted by atomic mass is 35.5. The van der Waals surface area contributed by atoms with Gasteiger partial charge in [0.15, 0.2) is 5.82 Å². The van der Waals surface area contributed by atoms with Crippen molar-refractivity contribution in [2.24, 2.45) is 0 Å². The van der Waals surface area contributed by atoms with Crippen LogP contribution in [0, 0.1) is 0 Å². The first-order valence-corrected chi connectivity index (χ1v) is 10.8. The normalized spacial score (nSPS) is 13.4. The maximum atomic E-state index is 12.6. The van der Waals surface area contributed by atoms with Crippen LogP contribution in [0.1, 0.15) is 24.6 Å². The van der Waals surface area contributed by atoms with Crippen LogP contribution in [0.25, 0.3) is 22.0 Å². The smallest absolute Gasteiger partial charge is 0.230 e. The fraction of sp³-hybridized carbons (Fsp3) is 0.190. The van der Waals surface area contributed by atoms with Crippen LogP contribution in [0.4, 0.5) is 5.69 Å². The van der Waals surface area contributed by atoms with Crippen molar-refractivity contribution in [3.05, 3.63) is 64.6 Å². The van der Waals surface area contributed by atoms with Crippen LogP contribution in [0.15, 0.2) is 53.9 Å². The number of aromatic nitrogens is 5. The number of nitrogens with one attached hydrogen (secondary N) is 1. The number of halogens is 1. The van der Waals surface area contributed by atoms with Gasteiger partial charge in [0.1, 0.15) is 5.01 Å². The van der Waals surface area contributed by atoms with Gasteiger partial charge in [0.25, 0.3) is 0 Å². The summed E-state index contributed by atoms with van der Waals surface area (Å²) >= 11 is 7.72. The zero-order chi connectivity index (χ0) is 20.5. The minimum Gasteiger partial charge on any atom is -0.326 e. The van der Waals surface area contributed by atoms with Crippen molar-refractivity contribution in [3.63, 3.8) is 0 Å². The Kier molecular flexibility index (Phi) is 5.02. The van der Waals surface area contributed by atoms with E-state index >= 15 is 0 Å². The van der Waals surface area contributed by atoms with Gasteiger partial charge in [0.05, 0.1) is 23.2 Å². The number of rotatable bonds is 6. The molecule has 1 aliphatic carbocycles. The van der Waals surface area contributed by atoms with Gasteiger partial charge >= 0.3 is 0 Å². The molecule has 0 aliphatic heterocycles. The van der Waals surface area contributed by atoms with Crippen LogP contribution in [0.5, 0.6) is 0 Å². The second kappa shape index (κ2) is 7.97. The first-order chi connectivity index (χ1) is 14.7. The molecule has 2 aromatic carbocycles. The van der Waals surface area contributed by atoms with Gasteiger partial charge in [-0.05, 0) is 41.5 Å². The zero-order valence-electron chi connectivity index (χ0n) is 15.8. The molecule has 1 aliphatic rings. The molecule has 150 valence electrons. The quantitative estimate of drug-likeness (QED) is 0.476. The van der Waals surface area contributed by atoms with Crippen molar-refractivity contribution in [2.75, 3.05) is 5.32 Å². The molecule has 1 fully saturated rings. The van der Waals surface area contributed by atoms with Gasteiger partial charge < -0.3 is 5.32 Å². The zero-order valence-corrected chi connectivity index (χ0v) is 17.4. The molecule has 0 saturated heterocycles. The van der Waals surface area contributed by atoms with Gasteiger partial charge in [-0.1, -0.05) is 41.9 Å². The van der Waals surface area contributed by atoms with E-state index in [9.17, 15) is 4.79 Å². The number of anilines is 1. The summed E-state index contributed by atoms with van der Waals surface area (Å²) in [5, 5.41) is 18.3. The van der Waals surface area contributed by atoms with Crippen molar-refractivity contribution >= 4 is 34.5 Å². The van der Waals surface area contributed by atoms with Gasteiger partial charge in [-0.2, -0.15) is 0 Å². The predicted octanol–water partition coefficient (Wildman–Crippen LogP) is 4.63. The van der Waals surface area contributed by atoms with E-state index in [2.05, 4.69) is 25.8 Å². The summed E-state index contributed by atoms with van der Waals surface area (Å²) in [7, 11) is 0. The van der Waals surface area contributed by atoms with Crippen LogP contribution in [-0.2, 0) is 11.2 Å². The molecule has 5 rings (SSSR count).